The third-order valence-corrected chi connectivity index (χ3v) is 7.83. The molecule has 0 N–H and O–H groups in total. The zero-order chi connectivity index (χ0) is 24.8. The Morgan fingerprint density at radius 2 is 1.83 bits per heavy atom. The molecule has 2 saturated heterocycles. The molecule has 0 radical (unpaired) electrons. The minimum absolute atomic E-state index is 0.0735. The fourth-order valence-electron chi connectivity index (χ4n) is 4.54. The van der Waals surface area contributed by atoms with Crippen LogP contribution < -0.4 is 4.74 Å². The normalized spacial score (nSPS) is 21.1. The fourth-order valence-corrected chi connectivity index (χ4v) is 5.54. The summed E-state index contributed by atoms with van der Waals surface area (Å²) in [4.78, 5) is 8.79. The molecule has 11 heteroatoms. The third kappa shape index (κ3) is 7.36. The highest BCUT2D eigenvalue weighted by Crippen LogP contribution is 2.22. The highest BCUT2D eigenvalue weighted by molar-refractivity contribution is 7.88. The van der Waals surface area contributed by atoms with Crippen LogP contribution in [-0.2, 0) is 21.3 Å². The molecule has 35 heavy (non-hydrogen) atoms. The second-order valence-electron chi connectivity index (χ2n) is 8.93. The number of nitrogens with zero attached hydrogens (tertiary/aromatic N) is 5. The van der Waals surface area contributed by atoms with E-state index >= 15 is 0 Å². The zero-order valence-corrected chi connectivity index (χ0v) is 21.3. The predicted octanol–water partition coefficient (Wildman–Crippen LogP) is 1.83. The number of fused-ring (bicyclic) bond motifs is 2. The first-order chi connectivity index (χ1) is 16.8. The lowest BCUT2D eigenvalue weighted by atomic mass is 10.1. The highest BCUT2D eigenvalue weighted by atomic mass is 35.5. The van der Waals surface area contributed by atoms with Gasteiger partial charge in [0.05, 0.1) is 30.1 Å². The Morgan fingerprint density at radius 1 is 1.14 bits per heavy atom. The molecule has 2 atom stereocenters. The van der Waals surface area contributed by atoms with E-state index in [1.54, 1.807) is 30.5 Å². The molecule has 188 valence electrons. The molecule has 9 nitrogen and oxygen atoms in total. The van der Waals surface area contributed by atoms with E-state index in [2.05, 4.69) is 20.9 Å². The Bertz CT molecular complexity index is 1130. The second kappa shape index (κ2) is 11.6. The molecule has 1 aromatic heterocycles. The average Bonchev–Trinajstić information content (AvgIpc) is 2.82. The van der Waals surface area contributed by atoms with Crippen LogP contribution in [0.3, 0.4) is 0 Å². The minimum atomic E-state index is -3.37. The topological polar surface area (TPSA) is 99.0 Å². The fraction of sp³-hybridized carbons (Fsp3) is 0.500. The van der Waals surface area contributed by atoms with Gasteiger partial charge in [0.2, 0.25) is 10.0 Å². The molecule has 2 aromatic rings. The van der Waals surface area contributed by atoms with Crippen molar-refractivity contribution in [3.63, 3.8) is 0 Å². The number of sulfonamides is 1. The molecule has 3 heterocycles. The van der Waals surface area contributed by atoms with Crippen molar-refractivity contribution in [2.75, 3.05) is 58.7 Å². The van der Waals surface area contributed by atoms with Crippen molar-refractivity contribution in [2.24, 2.45) is 0 Å². The molecule has 0 spiro atoms. The first kappa shape index (κ1) is 25.8. The van der Waals surface area contributed by atoms with Gasteiger partial charge in [-0.25, -0.2) is 13.4 Å². The molecular weight excluding hydrogens is 490 g/mol. The maximum absolute atomic E-state index is 12.3. The van der Waals surface area contributed by atoms with E-state index in [1.165, 1.54) is 10.6 Å². The summed E-state index contributed by atoms with van der Waals surface area (Å²) in [7, 11) is -3.37. The van der Waals surface area contributed by atoms with Crippen molar-refractivity contribution in [3.05, 3.63) is 58.9 Å². The Morgan fingerprint density at radius 3 is 2.46 bits per heavy atom. The summed E-state index contributed by atoms with van der Waals surface area (Å²) < 4.78 is 38.0. The van der Waals surface area contributed by atoms with Crippen molar-refractivity contribution in [1.29, 1.82) is 5.26 Å². The van der Waals surface area contributed by atoms with Crippen LogP contribution in [0.5, 0.6) is 5.75 Å². The summed E-state index contributed by atoms with van der Waals surface area (Å²) in [6.07, 6.45) is 3.06. The number of pyridine rings is 1. The van der Waals surface area contributed by atoms with Crippen LogP contribution >= 0.6 is 11.6 Å². The SMILES string of the molecule is CS(=O)(=O)N(CCOc1ccc(C#N)cc1)CCN1CC2CN(Cc3cccnc3Cl)CC(C1)O2. The van der Waals surface area contributed by atoms with Gasteiger partial charge in [-0.05, 0) is 30.3 Å². The van der Waals surface area contributed by atoms with Crippen molar-refractivity contribution >= 4 is 21.6 Å². The monoisotopic (exact) mass is 519 g/mol. The van der Waals surface area contributed by atoms with Crippen molar-refractivity contribution in [2.45, 2.75) is 18.8 Å². The number of nitriles is 1. The van der Waals surface area contributed by atoms with Crippen molar-refractivity contribution in [1.82, 2.24) is 19.1 Å². The van der Waals surface area contributed by atoms with Gasteiger partial charge in [0.15, 0.2) is 0 Å². The summed E-state index contributed by atoms with van der Waals surface area (Å²) in [6, 6.07) is 12.7. The Balaban J connectivity index is 1.25. The number of hydrogen-bond donors (Lipinski definition) is 0. The van der Waals surface area contributed by atoms with Gasteiger partial charge >= 0.3 is 0 Å². The van der Waals surface area contributed by atoms with E-state index < -0.39 is 10.0 Å². The maximum Gasteiger partial charge on any atom is 0.211 e. The standard InChI is InChI=1S/C24H30ClN5O4S/c1-35(31,32)30(11-12-33-21-6-4-19(13-26)5-7-21)10-9-28-15-22-17-29(18-23(16-28)34-22)14-20-3-2-8-27-24(20)25/h2-8,22-23H,9-12,14-18H2,1H3. The molecule has 2 aliphatic heterocycles. The Labute approximate surface area is 211 Å². The van der Waals surface area contributed by atoms with E-state index in [-0.39, 0.29) is 25.4 Å². The van der Waals surface area contributed by atoms with Gasteiger partial charge in [0.1, 0.15) is 17.5 Å². The summed E-state index contributed by atoms with van der Waals surface area (Å²) in [5.41, 5.74) is 1.56. The molecule has 2 unspecified atom stereocenters. The van der Waals surface area contributed by atoms with E-state index in [0.29, 0.717) is 29.6 Å². The predicted molar refractivity (Wildman–Crippen MR) is 133 cm³/mol. The molecule has 4 rings (SSSR count). The third-order valence-electron chi connectivity index (χ3n) is 6.19. The molecular formula is C24H30ClN5O4S. The van der Waals surface area contributed by atoms with E-state index in [1.807, 2.05) is 12.1 Å². The summed E-state index contributed by atoms with van der Waals surface area (Å²) in [5, 5.41) is 9.42. The smallest absolute Gasteiger partial charge is 0.211 e. The van der Waals surface area contributed by atoms with Crippen LogP contribution in [0.1, 0.15) is 11.1 Å². The summed E-state index contributed by atoms with van der Waals surface area (Å²) >= 11 is 6.23. The Hall–Kier alpha value is -2.26. The van der Waals surface area contributed by atoms with Crippen LogP contribution in [0.2, 0.25) is 5.15 Å². The van der Waals surface area contributed by atoms with Crippen LogP contribution in [0, 0.1) is 11.3 Å². The van der Waals surface area contributed by atoms with Crippen LogP contribution in [0.15, 0.2) is 42.6 Å². The summed E-state index contributed by atoms with van der Waals surface area (Å²) in [5.74, 6) is 0.607. The number of morpholine rings is 2. The quantitative estimate of drug-likeness (QED) is 0.438. The van der Waals surface area contributed by atoms with Gasteiger partial charge in [0, 0.05) is 64.1 Å². The van der Waals surface area contributed by atoms with Crippen molar-refractivity contribution in [3.8, 4) is 11.8 Å². The lowest BCUT2D eigenvalue weighted by Gasteiger charge is -2.46. The zero-order valence-electron chi connectivity index (χ0n) is 19.7. The molecule has 0 saturated carbocycles. The summed E-state index contributed by atoms with van der Waals surface area (Å²) in [6.45, 7) is 5.37. The van der Waals surface area contributed by atoms with Gasteiger partial charge in [-0.3, -0.25) is 9.80 Å². The van der Waals surface area contributed by atoms with Crippen LogP contribution in [0.25, 0.3) is 0 Å². The molecule has 2 bridgehead atoms. The first-order valence-corrected chi connectivity index (χ1v) is 13.8. The lowest BCUT2D eigenvalue weighted by Crippen LogP contribution is -2.60. The molecule has 2 aliphatic rings. The molecule has 0 amide bonds. The number of ether oxygens (including phenoxy) is 2. The second-order valence-corrected chi connectivity index (χ2v) is 11.3. The highest BCUT2D eigenvalue weighted by Gasteiger charge is 2.35. The Kier molecular flexibility index (Phi) is 8.59. The number of hydrogen-bond acceptors (Lipinski definition) is 8. The van der Waals surface area contributed by atoms with Gasteiger partial charge in [0.25, 0.3) is 0 Å². The molecule has 0 aliphatic carbocycles. The number of halogens is 1. The largest absolute Gasteiger partial charge is 0.492 e. The minimum Gasteiger partial charge on any atom is -0.492 e. The van der Waals surface area contributed by atoms with Crippen molar-refractivity contribution < 1.29 is 17.9 Å². The van der Waals surface area contributed by atoms with Gasteiger partial charge < -0.3 is 9.47 Å². The first-order valence-electron chi connectivity index (χ1n) is 11.6. The van der Waals surface area contributed by atoms with Gasteiger partial charge in [-0.2, -0.15) is 9.57 Å². The molecule has 1 aromatic carbocycles. The van der Waals surface area contributed by atoms with E-state index in [4.69, 9.17) is 26.3 Å². The number of aromatic nitrogens is 1. The van der Waals surface area contributed by atoms with E-state index in [0.717, 1.165) is 38.3 Å². The average molecular weight is 520 g/mol. The van der Waals surface area contributed by atoms with E-state index in [9.17, 15) is 8.42 Å². The maximum atomic E-state index is 12.3. The molecule has 2 fully saturated rings. The lowest BCUT2D eigenvalue weighted by molar-refractivity contribution is -0.140. The number of rotatable bonds is 10. The van der Waals surface area contributed by atoms with Gasteiger partial charge in [-0.1, -0.05) is 17.7 Å². The van der Waals surface area contributed by atoms with Gasteiger partial charge in [-0.15, -0.1) is 0 Å². The van der Waals surface area contributed by atoms with Crippen LogP contribution in [-0.4, -0.2) is 98.4 Å². The van der Waals surface area contributed by atoms with Crippen LogP contribution in [0.4, 0.5) is 0 Å². The number of benzene rings is 1.